The number of nitrogens with one attached hydrogen (secondary N) is 1. The first-order valence-electron chi connectivity index (χ1n) is 10.8. The Morgan fingerprint density at radius 2 is 1.84 bits per heavy atom. The van der Waals surface area contributed by atoms with E-state index in [1.807, 2.05) is 30.3 Å². The van der Waals surface area contributed by atoms with E-state index in [1.54, 1.807) is 24.4 Å². The molecule has 162 valence electrons. The van der Waals surface area contributed by atoms with Crippen molar-refractivity contribution in [1.82, 2.24) is 20.0 Å². The van der Waals surface area contributed by atoms with Crippen LogP contribution in [0, 0.1) is 0 Å². The number of anilines is 1. The highest BCUT2D eigenvalue weighted by molar-refractivity contribution is 6.10. The minimum atomic E-state index is -0.254. The van der Waals surface area contributed by atoms with Gasteiger partial charge in [0.25, 0.3) is 5.91 Å². The molecular weight excluding hydrogens is 404 g/mol. The Bertz CT molecular complexity index is 1340. The van der Waals surface area contributed by atoms with E-state index < -0.39 is 0 Å². The van der Waals surface area contributed by atoms with E-state index >= 15 is 0 Å². The van der Waals surface area contributed by atoms with E-state index in [0.717, 1.165) is 25.7 Å². The maximum atomic E-state index is 13.3. The lowest BCUT2D eigenvalue weighted by molar-refractivity contribution is 0.0930. The highest BCUT2D eigenvalue weighted by Crippen LogP contribution is 2.28. The van der Waals surface area contributed by atoms with Gasteiger partial charge in [0.2, 0.25) is 0 Å². The first-order chi connectivity index (χ1) is 15.6. The van der Waals surface area contributed by atoms with Crippen LogP contribution in [-0.4, -0.2) is 37.9 Å². The standard InChI is InChI=1S/C24H24N6O2/c25-22-20(24(32)27-16-8-2-1-3-9-16)21-23(29-19-12-5-4-11-18(19)28-21)30(22)26-14-15-7-6-10-17(31)13-15/h4-7,10-14,16,31H,1-3,8-9,25H2,(H,27,32)/b26-14-. The van der Waals surface area contributed by atoms with Gasteiger partial charge >= 0.3 is 0 Å². The smallest absolute Gasteiger partial charge is 0.257 e. The van der Waals surface area contributed by atoms with Crippen LogP contribution in [0.1, 0.15) is 48.0 Å². The first-order valence-corrected chi connectivity index (χ1v) is 10.8. The number of nitrogen functional groups attached to an aromatic ring is 1. The van der Waals surface area contributed by atoms with Gasteiger partial charge in [0.05, 0.1) is 17.2 Å². The zero-order chi connectivity index (χ0) is 22.1. The molecule has 1 saturated carbocycles. The number of benzene rings is 2. The highest BCUT2D eigenvalue weighted by Gasteiger charge is 2.26. The van der Waals surface area contributed by atoms with Gasteiger partial charge in [-0.1, -0.05) is 43.5 Å². The van der Waals surface area contributed by atoms with Crippen molar-refractivity contribution in [3.8, 4) is 5.75 Å². The largest absolute Gasteiger partial charge is 0.508 e. The summed E-state index contributed by atoms with van der Waals surface area (Å²) in [6, 6.07) is 14.3. The molecule has 5 rings (SSSR count). The summed E-state index contributed by atoms with van der Waals surface area (Å²) < 4.78 is 1.44. The van der Waals surface area contributed by atoms with Crippen molar-refractivity contribution < 1.29 is 9.90 Å². The average molecular weight is 428 g/mol. The molecule has 0 spiro atoms. The van der Waals surface area contributed by atoms with Crippen LogP contribution in [0.25, 0.3) is 22.2 Å². The van der Waals surface area contributed by atoms with Crippen LogP contribution in [0.5, 0.6) is 5.75 Å². The van der Waals surface area contributed by atoms with E-state index in [-0.39, 0.29) is 29.1 Å². The van der Waals surface area contributed by atoms with Gasteiger partial charge in [0.15, 0.2) is 5.65 Å². The van der Waals surface area contributed by atoms with Crippen molar-refractivity contribution in [2.45, 2.75) is 38.1 Å². The van der Waals surface area contributed by atoms with Gasteiger partial charge in [-0.25, -0.2) is 9.97 Å². The normalized spacial score (nSPS) is 15.0. The molecule has 1 amide bonds. The van der Waals surface area contributed by atoms with Crippen molar-refractivity contribution >= 4 is 40.1 Å². The molecule has 1 aliphatic rings. The lowest BCUT2D eigenvalue weighted by Crippen LogP contribution is -2.36. The van der Waals surface area contributed by atoms with Crippen molar-refractivity contribution in [3.05, 3.63) is 59.7 Å². The highest BCUT2D eigenvalue weighted by atomic mass is 16.3. The molecule has 32 heavy (non-hydrogen) atoms. The van der Waals surface area contributed by atoms with E-state index in [1.165, 1.54) is 11.1 Å². The van der Waals surface area contributed by atoms with Crippen LogP contribution in [0.3, 0.4) is 0 Å². The van der Waals surface area contributed by atoms with Gasteiger partial charge in [-0.2, -0.15) is 9.78 Å². The predicted molar refractivity (Wildman–Crippen MR) is 125 cm³/mol. The van der Waals surface area contributed by atoms with Crippen LogP contribution in [0.2, 0.25) is 0 Å². The number of carbonyl (C=O) groups excluding carboxylic acids is 1. The van der Waals surface area contributed by atoms with Gasteiger partial charge in [0, 0.05) is 6.04 Å². The second-order valence-electron chi connectivity index (χ2n) is 8.10. The molecule has 0 radical (unpaired) electrons. The summed E-state index contributed by atoms with van der Waals surface area (Å²) in [6.07, 6.45) is 6.93. The monoisotopic (exact) mass is 428 g/mol. The molecule has 1 fully saturated rings. The lowest BCUT2D eigenvalue weighted by Gasteiger charge is -2.22. The van der Waals surface area contributed by atoms with Crippen LogP contribution < -0.4 is 11.1 Å². The Hall–Kier alpha value is -3.94. The molecule has 8 heteroatoms. The van der Waals surface area contributed by atoms with E-state index in [2.05, 4.69) is 10.4 Å². The maximum absolute atomic E-state index is 13.3. The molecule has 0 bridgehead atoms. The number of carbonyl (C=O) groups is 1. The molecule has 1 aliphatic carbocycles. The Kier molecular flexibility index (Phi) is 5.18. The summed E-state index contributed by atoms with van der Waals surface area (Å²) in [7, 11) is 0. The number of phenols is 1. The number of fused-ring (bicyclic) bond motifs is 2. The predicted octanol–water partition coefficient (Wildman–Crippen LogP) is 3.82. The van der Waals surface area contributed by atoms with Crippen LogP contribution >= 0.6 is 0 Å². The van der Waals surface area contributed by atoms with Crippen molar-refractivity contribution in [3.63, 3.8) is 0 Å². The fraction of sp³-hybridized carbons (Fsp3) is 0.250. The fourth-order valence-electron chi connectivity index (χ4n) is 4.22. The SMILES string of the molecule is Nc1c(C(=O)NC2CCCCC2)c2nc3ccccc3nc2n1/N=C\c1cccc(O)c1. The third kappa shape index (κ3) is 3.75. The second kappa shape index (κ2) is 8.30. The van der Waals surface area contributed by atoms with Gasteiger partial charge in [0.1, 0.15) is 22.6 Å². The Morgan fingerprint density at radius 3 is 2.59 bits per heavy atom. The summed E-state index contributed by atoms with van der Waals surface area (Å²) >= 11 is 0. The number of amides is 1. The average Bonchev–Trinajstić information content (AvgIpc) is 3.07. The zero-order valence-corrected chi connectivity index (χ0v) is 17.5. The molecule has 4 N–H and O–H groups in total. The third-order valence-electron chi connectivity index (χ3n) is 5.83. The summed E-state index contributed by atoms with van der Waals surface area (Å²) in [6.45, 7) is 0. The number of nitrogens with two attached hydrogens (primary N) is 1. The van der Waals surface area contributed by atoms with Crippen LogP contribution in [0.4, 0.5) is 5.82 Å². The molecule has 0 aliphatic heterocycles. The number of aromatic nitrogens is 3. The molecule has 2 heterocycles. The maximum Gasteiger partial charge on any atom is 0.257 e. The molecule has 0 atom stereocenters. The lowest BCUT2D eigenvalue weighted by atomic mass is 9.95. The number of hydrogen-bond acceptors (Lipinski definition) is 6. The molecular formula is C24H24N6O2. The van der Waals surface area contributed by atoms with E-state index in [4.69, 9.17) is 15.7 Å². The summed E-state index contributed by atoms with van der Waals surface area (Å²) in [5, 5.41) is 17.3. The van der Waals surface area contributed by atoms with Gasteiger partial charge in [-0.15, -0.1) is 0 Å². The molecule has 0 unspecified atom stereocenters. The Labute approximate surface area is 184 Å². The van der Waals surface area contributed by atoms with Crippen LogP contribution in [0.15, 0.2) is 53.6 Å². The summed E-state index contributed by atoms with van der Waals surface area (Å²) in [5.41, 5.74) is 9.61. The molecule has 0 saturated heterocycles. The Morgan fingerprint density at radius 1 is 1.09 bits per heavy atom. The van der Waals surface area contributed by atoms with Gasteiger partial charge in [-0.3, -0.25) is 4.79 Å². The van der Waals surface area contributed by atoms with Crippen LogP contribution in [-0.2, 0) is 0 Å². The van der Waals surface area contributed by atoms with E-state index in [9.17, 15) is 9.90 Å². The Balaban J connectivity index is 1.62. The minimum absolute atomic E-state index is 0.137. The van der Waals surface area contributed by atoms with Crippen molar-refractivity contribution in [2.24, 2.45) is 5.10 Å². The molecule has 2 aromatic carbocycles. The number of para-hydroxylation sites is 2. The zero-order valence-electron chi connectivity index (χ0n) is 17.5. The van der Waals surface area contributed by atoms with Crippen molar-refractivity contribution in [1.29, 1.82) is 0 Å². The number of rotatable bonds is 4. The molecule has 2 aromatic heterocycles. The fourth-order valence-corrected chi connectivity index (χ4v) is 4.22. The van der Waals surface area contributed by atoms with Gasteiger partial charge < -0.3 is 16.2 Å². The second-order valence-corrected chi connectivity index (χ2v) is 8.10. The molecule has 8 nitrogen and oxygen atoms in total. The summed E-state index contributed by atoms with van der Waals surface area (Å²) in [5.74, 6) is 0.0629. The first kappa shape index (κ1) is 20.0. The third-order valence-corrected chi connectivity index (χ3v) is 5.83. The van der Waals surface area contributed by atoms with Crippen molar-refractivity contribution in [2.75, 3.05) is 5.73 Å². The number of phenolic OH excluding ortho intramolecular Hbond substituents is 1. The van der Waals surface area contributed by atoms with E-state index in [0.29, 0.717) is 27.8 Å². The molecule has 4 aromatic rings. The quantitative estimate of drug-likeness (QED) is 0.427. The van der Waals surface area contributed by atoms with Gasteiger partial charge in [-0.05, 0) is 42.7 Å². The number of aromatic hydroxyl groups is 1. The summed E-state index contributed by atoms with van der Waals surface area (Å²) in [4.78, 5) is 22.7. The number of nitrogens with zero attached hydrogens (tertiary/aromatic N) is 4. The topological polar surface area (TPSA) is 118 Å². The number of hydrogen-bond donors (Lipinski definition) is 3. The minimum Gasteiger partial charge on any atom is -0.508 e.